The maximum absolute atomic E-state index is 13.0. The minimum atomic E-state index is -1.46. The summed E-state index contributed by atoms with van der Waals surface area (Å²) in [5.74, 6) is -1.43. The summed E-state index contributed by atoms with van der Waals surface area (Å²) in [6, 6.07) is 3.94. The molecule has 0 aromatic heterocycles. The highest BCUT2D eigenvalue weighted by Gasteiger charge is 2.29. The second-order valence-electron chi connectivity index (χ2n) is 5.50. The number of amides is 2. The number of hydrogen-bond donors (Lipinski definition) is 2. The molecular formula is C16H21FN2O5S. The van der Waals surface area contributed by atoms with Crippen molar-refractivity contribution >= 4 is 22.6 Å². The molecule has 2 unspecified atom stereocenters. The SMILES string of the molecule is O=C(NC(CS(=O)CCO)C(=O)N1CCOCC1)c1ccc(F)cc1. The Kier molecular flexibility index (Phi) is 7.48. The number of benzene rings is 1. The van der Waals surface area contributed by atoms with Crippen LogP contribution in [0.5, 0.6) is 0 Å². The first-order chi connectivity index (χ1) is 12.0. The van der Waals surface area contributed by atoms with Crippen molar-refractivity contribution in [3.63, 3.8) is 0 Å². The number of rotatable bonds is 7. The van der Waals surface area contributed by atoms with E-state index in [9.17, 15) is 18.2 Å². The fourth-order valence-electron chi connectivity index (χ4n) is 2.39. The molecule has 0 aliphatic carbocycles. The van der Waals surface area contributed by atoms with Crippen LogP contribution in [0.4, 0.5) is 4.39 Å². The summed E-state index contributed by atoms with van der Waals surface area (Å²) in [7, 11) is -1.46. The average molecular weight is 372 g/mol. The minimum absolute atomic E-state index is 0.0271. The van der Waals surface area contributed by atoms with E-state index in [1.165, 1.54) is 12.1 Å². The molecule has 0 saturated carbocycles. The molecule has 138 valence electrons. The van der Waals surface area contributed by atoms with Gasteiger partial charge in [0, 0.05) is 35.2 Å². The molecule has 2 atom stereocenters. The van der Waals surface area contributed by atoms with Crippen molar-refractivity contribution in [2.45, 2.75) is 6.04 Å². The number of carbonyl (C=O) groups excluding carboxylic acids is 2. The van der Waals surface area contributed by atoms with Crippen molar-refractivity contribution < 1.29 is 28.0 Å². The summed E-state index contributed by atoms with van der Waals surface area (Å²) < 4.78 is 30.1. The zero-order valence-corrected chi connectivity index (χ0v) is 14.5. The molecule has 2 N–H and O–H groups in total. The predicted molar refractivity (Wildman–Crippen MR) is 90.0 cm³/mol. The van der Waals surface area contributed by atoms with Crippen LogP contribution in [0.2, 0.25) is 0 Å². The molecule has 1 heterocycles. The predicted octanol–water partition coefficient (Wildman–Crippen LogP) is -0.476. The Labute approximate surface area is 147 Å². The van der Waals surface area contributed by atoms with Crippen molar-refractivity contribution in [1.29, 1.82) is 0 Å². The summed E-state index contributed by atoms with van der Waals surface area (Å²) in [6.45, 7) is 1.34. The smallest absolute Gasteiger partial charge is 0.251 e. The van der Waals surface area contributed by atoms with Crippen molar-refractivity contribution in [2.75, 3.05) is 44.4 Å². The Hall–Kier alpha value is -1.84. The standard InChI is InChI=1S/C16H21FN2O5S/c17-13-3-1-12(2-4-13)15(21)18-14(11-25(23)10-7-20)16(22)19-5-8-24-9-6-19/h1-4,14,20H,5-11H2,(H,18,21). The van der Waals surface area contributed by atoms with Crippen molar-refractivity contribution in [1.82, 2.24) is 10.2 Å². The molecule has 2 amide bonds. The van der Waals surface area contributed by atoms with Crippen LogP contribution in [0.1, 0.15) is 10.4 Å². The van der Waals surface area contributed by atoms with Crippen LogP contribution < -0.4 is 5.32 Å². The third kappa shape index (κ3) is 5.87. The maximum Gasteiger partial charge on any atom is 0.251 e. The first-order valence-corrected chi connectivity index (χ1v) is 9.39. The molecule has 9 heteroatoms. The Morgan fingerprint density at radius 1 is 1.28 bits per heavy atom. The van der Waals surface area contributed by atoms with Crippen LogP contribution in [-0.4, -0.2) is 76.5 Å². The molecule has 25 heavy (non-hydrogen) atoms. The Morgan fingerprint density at radius 3 is 2.52 bits per heavy atom. The number of aliphatic hydroxyl groups excluding tert-OH is 1. The molecule has 1 aliphatic rings. The molecular weight excluding hydrogens is 351 g/mol. The topological polar surface area (TPSA) is 95.9 Å². The fraction of sp³-hybridized carbons (Fsp3) is 0.500. The van der Waals surface area contributed by atoms with Crippen molar-refractivity contribution in [3.8, 4) is 0 Å². The van der Waals surface area contributed by atoms with Crippen LogP contribution in [0.25, 0.3) is 0 Å². The van der Waals surface area contributed by atoms with Crippen molar-refractivity contribution in [2.24, 2.45) is 0 Å². The lowest BCUT2D eigenvalue weighted by molar-refractivity contribution is -0.136. The third-order valence-electron chi connectivity index (χ3n) is 3.70. The lowest BCUT2D eigenvalue weighted by Crippen LogP contribution is -2.54. The van der Waals surface area contributed by atoms with E-state index in [0.717, 1.165) is 12.1 Å². The quantitative estimate of drug-likeness (QED) is 0.674. The van der Waals surface area contributed by atoms with Crippen molar-refractivity contribution in [3.05, 3.63) is 35.6 Å². The zero-order chi connectivity index (χ0) is 18.2. The van der Waals surface area contributed by atoms with E-state index >= 15 is 0 Å². The van der Waals surface area contributed by atoms with Gasteiger partial charge in [-0.1, -0.05) is 0 Å². The van der Waals surface area contributed by atoms with E-state index in [2.05, 4.69) is 5.32 Å². The maximum atomic E-state index is 13.0. The van der Waals surface area contributed by atoms with Gasteiger partial charge >= 0.3 is 0 Å². The molecule has 0 radical (unpaired) electrons. The highest BCUT2D eigenvalue weighted by molar-refractivity contribution is 7.85. The molecule has 1 fully saturated rings. The summed E-state index contributed by atoms with van der Waals surface area (Å²) in [5, 5.41) is 11.5. The fourth-order valence-corrected chi connectivity index (χ4v) is 3.36. The van der Waals surface area contributed by atoms with Crippen LogP contribution in [-0.2, 0) is 20.3 Å². The molecule has 1 aromatic carbocycles. The molecule has 1 saturated heterocycles. The van der Waals surface area contributed by atoms with E-state index in [1.807, 2.05) is 0 Å². The van der Waals surface area contributed by atoms with Gasteiger partial charge < -0.3 is 20.1 Å². The van der Waals surface area contributed by atoms with Crippen LogP contribution in [0.15, 0.2) is 24.3 Å². The number of carbonyl (C=O) groups is 2. The third-order valence-corrected chi connectivity index (χ3v) is 5.05. The van der Waals surface area contributed by atoms with Gasteiger partial charge in [-0.3, -0.25) is 13.8 Å². The van der Waals surface area contributed by atoms with Crippen LogP contribution >= 0.6 is 0 Å². The van der Waals surface area contributed by atoms with E-state index in [1.54, 1.807) is 4.90 Å². The van der Waals surface area contributed by atoms with E-state index in [0.29, 0.717) is 26.3 Å². The summed E-state index contributed by atoms with van der Waals surface area (Å²) in [6.07, 6.45) is 0. The molecule has 1 aromatic rings. The minimum Gasteiger partial charge on any atom is -0.395 e. The monoisotopic (exact) mass is 372 g/mol. The van der Waals surface area contributed by atoms with E-state index in [-0.39, 0.29) is 29.6 Å². The van der Waals surface area contributed by atoms with Crippen LogP contribution in [0.3, 0.4) is 0 Å². The molecule has 0 bridgehead atoms. The molecule has 0 spiro atoms. The highest BCUT2D eigenvalue weighted by atomic mass is 32.2. The Bertz CT molecular complexity index is 619. The molecule has 7 nitrogen and oxygen atoms in total. The molecule has 2 rings (SSSR count). The number of nitrogens with zero attached hydrogens (tertiary/aromatic N) is 1. The van der Waals surface area contributed by atoms with Gasteiger partial charge in [0.15, 0.2) is 0 Å². The average Bonchev–Trinajstić information content (AvgIpc) is 2.62. The largest absolute Gasteiger partial charge is 0.395 e. The second-order valence-corrected chi connectivity index (χ2v) is 7.13. The number of hydrogen-bond acceptors (Lipinski definition) is 5. The van der Waals surface area contributed by atoms with Gasteiger partial charge in [0.25, 0.3) is 5.91 Å². The number of morpholine rings is 1. The zero-order valence-electron chi connectivity index (χ0n) is 13.7. The lowest BCUT2D eigenvalue weighted by atomic mass is 10.2. The van der Waals surface area contributed by atoms with E-state index in [4.69, 9.17) is 9.84 Å². The van der Waals surface area contributed by atoms with Crippen LogP contribution in [0, 0.1) is 5.82 Å². The van der Waals surface area contributed by atoms with Gasteiger partial charge in [-0.2, -0.15) is 0 Å². The molecule has 1 aliphatic heterocycles. The summed E-state index contributed by atoms with van der Waals surface area (Å²) in [4.78, 5) is 26.5. The first-order valence-electron chi connectivity index (χ1n) is 7.90. The van der Waals surface area contributed by atoms with Gasteiger partial charge in [-0.05, 0) is 24.3 Å². The Balaban J connectivity index is 2.09. The van der Waals surface area contributed by atoms with Gasteiger partial charge in [-0.25, -0.2) is 4.39 Å². The second kappa shape index (κ2) is 9.59. The normalized spacial score (nSPS) is 17.0. The Morgan fingerprint density at radius 2 is 1.92 bits per heavy atom. The number of nitrogens with one attached hydrogen (secondary N) is 1. The summed E-state index contributed by atoms with van der Waals surface area (Å²) in [5.41, 5.74) is 0.203. The van der Waals surface area contributed by atoms with Gasteiger partial charge in [0.2, 0.25) is 5.91 Å². The van der Waals surface area contributed by atoms with Gasteiger partial charge in [0.1, 0.15) is 11.9 Å². The lowest BCUT2D eigenvalue weighted by Gasteiger charge is -2.30. The van der Waals surface area contributed by atoms with Gasteiger partial charge in [-0.15, -0.1) is 0 Å². The number of halogens is 1. The number of aliphatic hydroxyl groups is 1. The van der Waals surface area contributed by atoms with E-state index < -0.39 is 28.6 Å². The summed E-state index contributed by atoms with van der Waals surface area (Å²) >= 11 is 0. The van der Waals surface area contributed by atoms with Gasteiger partial charge in [0.05, 0.1) is 25.6 Å². The first kappa shape index (κ1) is 19.5. The highest BCUT2D eigenvalue weighted by Crippen LogP contribution is 2.06. The number of ether oxygens (including phenoxy) is 1.